The maximum atomic E-state index is 13.2. The highest BCUT2D eigenvalue weighted by atomic mass is 19.3. The Hall–Kier alpha value is -2.95. The molecule has 2 aromatic rings. The van der Waals surface area contributed by atoms with Crippen LogP contribution in [-0.2, 0) is 9.53 Å². The van der Waals surface area contributed by atoms with Crippen molar-refractivity contribution in [3.8, 4) is 11.3 Å². The van der Waals surface area contributed by atoms with Crippen molar-refractivity contribution in [2.75, 3.05) is 7.11 Å². The van der Waals surface area contributed by atoms with Crippen molar-refractivity contribution >= 4 is 11.7 Å². The van der Waals surface area contributed by atoms with Gasteiger partial charge in [-0.15, -0.1) is 0 Å². The standard InChI is InChI=1S/C17H20F2N4O5/c1-10(16(24)25)4-3-5-14(28-2)12-8-11(6-7-20-12)15-13(23(26)27)9-21-22(15)17(18)19/h6-10,14,17H,3-5H2,1-2H3,(H,24,25). The molecule has 0 saturated heterocycles. The molecular formula is C17H20F2N4O5. The van der Waals surface area contributed by atoms with E-state index < -0.39 is 35.2 Å². The first kappa shape index (κ1) is 21.4. The number of carboxylic acids is 1. The molecule has 0 aliphatic carbocycles. The second kappa shape index (κ2) is 9.31. The number of methoxy groups -OCH3 is 1. The topological polar surface area (TPSA) is 120 Å². The molecule has 2 unspecified atom stereocenters. The Morgan fingerprint density at radius 3 is 2.71 bits per heavy atom. The number of ether oxygens (including phenoxy) is 1. The summed E-state index contributed by atoms with van der Waals surface area (Å²) in [5, 5.41) is 23.5. The molecule has 1 N–H and O–H groups in total. The van der Waals surface area contributed by atoms with Crippen LogP contribution in [-0.4, -0.2) is 37.9 Å². The van der Waals surface area contributed by atoms with Gasteiger partial charge in [-0.25, -0.2) is 0 Å². The van der Waals surface area contributed by atoms with Crippen LogP contribution in [0.4, 0.5) is 14.5 Å². The number of alkyl halides is 2. The molecule has 0 spiro atoms. The lowest BCUT2D eigenvalue weighted by atomic mass is 10.0. The summed E-state index contributed by atoms with van der Waals surface area (Å²) in [6, 6.07) is 2.82. The molecule has 0 bridgehead atoms. The molecule has 2 heterocycles. The molecule has 0 aromatic carbocycles. The second-order valence-corrected chi connectivity index (χ2v) is 6.22. The van der Waals surface area contributed by atoms with E-state index in [9.17, 15) is 23.7 Å². The van der Waals surface area contributed by atoms with Gasteiger partial charge in [0.2, 0.25) is 0 Å². The Labute approximate surface area is 159 Å². The number of hydrogen-bond donors (Lipinski definition) is 1. The normalized spacial score (nSPS) is 13.5. The monoisotopic (exact) mass is 398 g/mol. The van der Waals surface area contributed by atoms with E-state index in [1.54, 1.807) is 6.92 Å². The summed E-state index contributed by atoms with van der Waals surface area (Å²) in [7, 11) is 1.45. The number of aromatic nitrogens is 3. The molecule has 0 amide bonds. The molecule has 2 atom stereocenters. The third-order valence-corrected chi connectivity index (χ3v) is 4.35. The minimum Gasteiger partial charge on any atom is -0.481 e. The summed E-state index contributed by atoms with van der Waals surface area (Å²) in [6.07, 6.45) is 3.07. The zero-order valence-electron chi connectivity index (χ0n) is 15.3. The molecule has 11 heteroatoms. The Bertz CT molecular complexity index is 843. The van der Waals surface area contributed by atoms with Crippen molar-refractivity contribution in [1.29, 1.82) is 0 Å². The summed E-state index contributed by atoms with van der Waals surface area (Å²) in [5.41, 5.74) is -0.297. The summed E-state index contributed by atoms with van der Waals surface area (Å²) in [5.74, 6) is -1.39. The molecule has 0 saturated carbocycles. The predicted molar refractivity (Wildman–Crippen MR) is 93.8 cm³/mol. The molecule has 152 valence electrons. The molecule has 28 heavy (non-hydrogen) atoms. The van der Waals surface area contributed by atoms with E-state index >= 15 is 0 Å². The molecule has 0 aliphatic heterocycles. The first-order valence-corrected chi connectivity index (χ1v) is 8.48. The van der Waals surface area contributed by atoms with Gasteiger partial charge in [-0.3, -0.25) is 19.9 Å². The lowest BCUT2D eigenvalue weighted by Gasteiger charge is -2.16. The highest BCUT2D eigenvalue weighted by Crippen LogP contribution is 2.34. The Morgan fingerprint density at radius 1 is 1.43 bits per heavy atom. The molecule has 0 radical (unpaired) electrons. The van der Waals surface area contributed by atoms with Crippen molar-refractivity contribution in [1.82, 2.24) is 14.8 Å². The van der Waals surface area contributed by atoms with Gasteiger partial charge in [-0.1, -0.05) is 6.92 Å². The number of carbonyl (C=O) groups is 1. The van der Waals surface area contributed by atoms with E-state index in [1.807, 2.05) is 0 Å². The van der Waals surface area contributed by atoms with Crippen LogP contribution in [0.15, 0.2) is 24.5 Å². The van der Waals surface area contributed by atoms with Gasteiger partial charge in [-0.05, 0) is 31.4 Å². The van der Waals surface area contributed by atoms with Gasteiger partial charge < -0.3 is 9.84 Å². The van der Waals surface area contributed by atoms with Gasteiger partial charge >= 0.3 is 18.2 Å². The van der Waals surface area contributed by atoms with Gasteiger partial charge in [-0.2, -0.15) is 18.6 Å². The number of pyridine rings is 1. The number of hydrogen-bond acceptors (Lipinski definition) is 6. The third kappa shape index (κ3) is 4.85. The van der Waals surface area contributed by atoms with E-state index in [2.05, 4.69) is 10.1 Å². The van der Waals surface area contributed by atoms with Crippen LogP contribution in [0.25, 0.3) is 11.3 Å². The quantitative estimate of drug-likeness (QED) is 0.477. The van der Waals surface area contributed by atoms with Gasteiger partial charge in [0.15, 0.2) is 5.69 Å². The lowest BCUT2D eigenvalue weighted by molar-refractivity contribution is -0.384. The van der Waals surface area contributed by atoms with Crippen LogP contribution >= 0.6 is 0 Å². The fourth-order valence-corrected chi connectivity index (χ4v) is 2.81. The second-order valence-electron chi connectivity index (χ2n) is 6.22. The summed E-state index contributed by atoms with van der Waals surface area (Å²) in [6.45, 7) is -1.44. The molecule has 2 rings (SSSR count). The number of aliphatic carboxylic acids is 1. The smallest absolute Gasteiger partial charge is 0.334 e. The van der Waals surface area contributed by atoms with Crippen LogP contribution in [0, 0.1) is 16.0 Å². The number of carboxylic acid groups (broad SMARTS) is 1. The van der Waals surface area contributed by atoms with E-state index in [1.165, 1.54) is 25.4 Å². The Balaban J connectivity index is 2.29. The number of nitro groups is 1. The maximum absolute atomic E-state index is 13.2. The van der Waals surface area contributed by atoms with Gasteiger partial charge in [0, 0.05) is 18.9 Å². The van der Waals surface area contributed by atoms with E-state index in [0.717, 1.165) is 6.20 Å². The largest absolute Gasteiger partial charge is 0.481 e. The third-order valence-electron chi connectivity index (χ3n) is 4.35. The van der Waals surface area contributed by atoms with E-state index in [4.69, 9.17) is 9.84 Å². The molecule has 0 aliphatic rings. The zero-order valence-corrected chi connectivity index (χ0v) is 15.3. The van der Waals surface area contributed by atoms with E-state index in [-0.39, 0.29) is 15.9 Å². The van der Waals surface area contributed by atoms with Crippen molar-refractivity contribution in [3.05, 3.63) is 40.3 Å². The van der Waals surface area contributed by atoms with Crippen LogP contribution in [0.5, 0.6) is 0 Å². The highest BCUT2D eigenvalue weighted by Gasteiger charge is 2.27. The Morgan fingerprint density at radius 2 is 2.14 bits per heavy atom. The first-order chi connectivity index (χ1) is 13.3. The van der Waals surface area contributed by atoms with Gasteiger partial charge in [0.25, 0.3) is 0 Å². The van der Waals surface area contributed by atoms with Crippen LogP contribution in [0.3, 0.4) is 0 Å². The molecule has 2 aromatic heterocycles. The van der Waals surface area contributed by atoms with Gasteiger partial charge in [0.05, 0.1) is 22.6 Å². The van der Waals surface area contributed by atoms with Crippen LogP contribution in [0.1, 0.15) is 44.5 Å². The van der Waals surface area contributed by atoms with Crippen LogP contribution < -0.4 is 0 Å². The van der Waals surface area contributed by atoms with Crippen molar-refractivity contribution in [3.63, 3.8) is 0 Å². The summed E-state index contributed by atoms with van der Waals surface area (Å²) >= 11 is 0. The average Bonchev–Trinajstić information content (AvgIpc) is 3.11. The van der Waals surface area contributed by atoms with Crippen LogP contribution in [0.2, 0.25) is 0 Å². The maximum Gasteiger partial charge on any atom is 0.334 e. The highest BCUT2D eigenvalue weighted by molar-refractivity contribution is 5.70. The minimum absolute atomic E-state index is 0.162. The SMILES string of the molecule is COC(CCCC(C)C(=O)O)c1cc(-c2c([N+](=O)[O-])cnn2C(F)F)ccn1. The lowest BCUT2D eigenvalue weighted by Crippen LogP contribution is -2.11. The number of halogens is 2. The predicted octanol–water partition coefficient (Wildman–Crippen LogP) is 3.83. The van der Waals surface area contributed by atoms with Crippen molar-refractivity contribution in [2.45, 2.75) is 38.8 Å². The zero-order chi connectivity index (χ0) is 20.8. The first-order valence-electron chi connectivity index (χ1n) is 8.48. The number of nitrogens with zero attached hydrogens (tertiary/aromatic N) is 4. The minimum atomic E-state index is -3.05. The van der Waals surface area contributed by atoms with Crippen molar-refractivity contribution in [2.24, 2.45) is 5.92 Å². The van der Waals surface area contributed by atoms with E-state index in [0.29, 0.717) is 25.0 Å². The average molecular weight is 398 g/mol. The number of rotatable bonds is 10. The molecule has 0 fully saturated rings. The fourth-order valence-electron chi connectivity index (χ4n) is 2.81. The Kier molecular flexibility index (Phi) is 7.10. The molecule has 9 nitrogen and oxygen atoms in total. The molecular weight excluding hydrogens is 378 g/mol. The van der Waals surface area contributed by atoms with Gasteiger partial charge in [0.1, 0.15) is 6.20 Å². The van der Waals surface area contributed by atoms with Crippen molar-refractivity contribution < 1.29 is 28.3 Å². The fraction of sp³-hybridized carbons (Fsp3) is 0.471. The summed E-state index contributed by atoms with van der Waals surface area (Å²) in [4.78, 5) is 25.5. The summed E-state index contributed by atoms with van der Waals surface area (Å²) < 4.78 is 32.1.